The van der Waals surface area contributed by atoms with Gasteiger partial charge in [-0.25, -0.2) is 0 Å². The number of piperazine rings is 1. The molecule has 0 N–H and O–H groups in total. The summed E-state index contributed by atoms with van der Waals surface area (Å²) in [5, 5.41) is 0.793. The van der Waals surface area contributed by atoms with Crippen LogP contribution in [0.25, 0.3) is 0 Å². The molecule has 4 rings (SSSR count). The highest BCUT2D eigenvalue weighted by molar-refractivity contribution is 6.30. The topological polar surface area (TPSA) is 6.48 Å². The molecule has 31 heavy (non-hydrogen) atoms. The molecule has 2 nitrogen and oxygen atoms in total. The van der Waals surface area contributed by atoms with Gasteiger partial charge in [0.15, 0.2) is 0 Å². The first-order valence-electron chi connectivity index (χ1n) is 11.6. The maximum absolute atomic E-state index is 6.16. The Balaban J connectivity index is 1.40. The van der Waals surface area contributed by atoms with Crippen LogP contribution in [0.15, 0.2) is 78.9 Å². The maximum atomic E-state index is 6.16. The standard InChI is InChI=1S/C28H33ClN2/c1-2-3-7-23-10-12-24(13-11-23)22-30-18-20-31(21-19-30)28(25-8-5-4-6-9-25)26-14-16-27(29)17-15-26/h4-6,8-17,28H,2-3,7,18-22H2,1H3. The molecule has 1 fully saturated rings. The zero-order valence-electron chi connectivity index (χ0n) is 18.5. The van der Waals surface area contributed by atoms with Crippen molar-refractivity contribution in [3.05, 3.63) is 106 Å². The summed E-state index contributed by atoms with van der Waals surface area (Å²) in [6.45, 7) is 7.61. The lowest BCUT2D eigenvalue weighted by molar-refractivity contribution is 0.105. The first-order chi connectivity index (χ1) is 15.2. The second-order valence-electron chi connectivity index (χ2n) is 8.60. The van der Waals surface area contributed by atoms with Crippen molar-refractivity contribution in [2.75, 3.05) is 26.2 Å². The highest BCUT2D eigenvalue weighted by Gasteiger charge is 2.26. The predicted octanol–water partition coefficient (Wildman–Crippen LogP) is 6.59. The van der Waals surface area contributed by atoms with Crippen LogP contribution in [-0.2, 0) is 13.0 Å². The molecule has 1 saturated heterocycles. The average molecular weight is 433 g/mol. The summed E-state index contributed by atoms with van der Waals surface area (Å²) in [5.41, 5.74) is 5.54. The molecule has 0 aliphatic carbocycles. The molecule has 0 radical (unpaired) electrons. The third-order valence-corrected chi connectivity index (χ3v) is 6.57. The molecule has 1 aliphatic rings. The van der Waals surface area contributed by atoms with Crippen LogP contribution in [0, 0.1) is 0 Å². The summed E-state index contributed by atoms with van der Waals surface area (Å²) in [7, 11) is 0. The summed E-state index contributed by atoms with van der Waals surface area (Å²) in [6, 6.07) is 28.7. The molecular weight excluding hydrogens is 400 g/mol. The third-order valence-electron chi connectivity index (χ3n) is 6.32. The molecule has 3 aromatic rings. The number of hydrogen-bond donors (Lipinski definition) is 0. The molecule has 1 aliphatic heterocycles. The normalized spacial score (nSPS) is 16.3. The van der Waals surface area contributed by atoms with Gasteiger partial charge in [0, 0.05) is 37.7 Å². The summed E-state index contributed by atoms with van der Waals surface area (Å²) >= 11 is 6.16. The van der Waals surface area contributed by atoms with E-state index in [1.165, 1.54) is 41.5 Å². The van der Waals surface area contributed by atoms with Gasteiger partial charge < -0.3 is 0 Å². The molecule has 0 amide bonds. The van der Waals surface area contributed by atoms with Crippen molar-refractivity contribution in [1.82, 2.24) is 9.80 Å². The zero-order valence-corrected chi connectivity index (χ0v) is 19.3. The minimum atomic E-state index is 0.276. The van der Waals surface area contributed by atoms with Gasteiger partial charge in [-0.3, -0.25) is 9.80 Å². The SMILES string of the molecule is CCCCc1ccc(CN2CCN(C(c3ccccc3)c3ccc(Cl)cc3)CC2)cc1. The highest BCUT2D eigenvalue weighted by atomic mass is 35.5. The Hall–Kier alpha value is -2.13. The number of aryl methyl sites for hydroxylation is 1. The third kappa shape index (κ3) is 5.98. The van der Waals surface area contributed by atoms with E-state index >= 15 is 0 Å². The van der Waals surface area contributed by atoms with E-state index in [2.05, 4.69) is 83.5 Å². The van der Waals surface area contributed by atoms with E-state index in [0.717, 1.165) is 37.7 Å². The fourth-order valence-corrected chi connectivity index (χ4v) is 4.65. The van der Waals surface area contributed by atoms with Gasteiger partial charge in [0.05, 0.1) is 6.04 Å². The van der Waals surface area contributed by atoms with Crippen molar-refractivity contribution in [2.45, 2.75) is 38.8 Å². The summed E-state index contributed by atoms with van der Waals surface area (Å²) in [6.07, 6.45) is 3.73. The molecular formula is C28H33ClN2. The molecule has 0 bridgehead atoms. The lowest BCUT2D eigenvalue weighted by Gasteiger charge is -2.40. The van der Waals surface area contributed by atoms with Gasteiger partial charge >= 0.3 is 0 Å². The lowest BCUT2D eigenvalue weighted by Crippen LogP contribution is -2.47. The van der Waals surface area contributed by atoms with Gasteiger partial charge in [0.25, 0.3) is 0 Å². The molecule has 3 aromatic carbocycles. The van der Waals surface area contributed by atoms with Crippen LogP contribution in [0.2, 0.25) is 5.02 Å². The van der Waals surface area contributed by atoms with Crippen molar-refractivity contribution in [1.29, 1.82) is 0 Å². The molecule has 0 saturated carbocycles. The van der Waals surface area contributed by atoms with E-state index in [-0.39, 0.29) is 6.04 Å². The number of benzene rings is 3. The summed E-state index contributed by atoms with van der Waals surface area (Å²) in [5.74, 6) is 0. The smallest absolute Gasteiger partial charge is 0.0602 e. The van der Waals surface area contributed by atoms with Crippen molar-refractivity contribution in [3.63, 3.8) is 0 Å². The van der Waals surface area contributed by atoms with Crippen LogP contribution in [-0.4, -0.2) is 36.0 Å². The maximum Gasteiger partial charge on any atom is 0.0602 e. The second kappa shape index (κ2) is 10.9. The second-order valence-corrected chi connectivity index (χ2v) is 9.03. The Morgan fingerprint density at radius 3 is 2.00 bits per heavy atom. The highest BCUT2D eigenvalue weighted by Crippen LogP contribution is 2.30. The van der Waals surface area contributed by atoms with Crippen LogP contribution in [0.3, 0.4) is 0 Å². The molecule has 1 heterocycles. The van der Waals surface area contributed by atoms with Crippen molar-refractivity contribution < 1.29 is 0 Å². The first-order valence-corrected chi connectivity index (χ1v) is 12.0. The van der Waals surface area contributed by atoms with Crippen molar-refractivity contribution in [3.8, 4) is 0 Å². The lowest BCUT2D eigenvalue weighted by atomic mass is 9.96. The van der Waals surface area contributed by atoms with E-state index < -0.39 is 0 Å². The molecule has 0 spiro atoms. The monoisotopic (exact) mass is 432 g/mol. The van der Waals surface area contributed by atoms with E-state index in [1.54, 1.807) is 0 Å². The number of unbranched alkanes of at least 4 members (excludes halogenated alkanes) is 1. The Kier molecular flexibility index (Phi) is 7.80. The van der Waals surface area contributed by atoms with Gasteiger partial charge in [-0.15, -0.1) is 0 Å². The minimum Gasteiger partial charge on any atom is -0.297 e. The number of rotatable bonds is 8. The number of nitrogens with zero attached hydrogens (tertiary/aromatic N) is 2. The van der Waals surface area contributed by atoms with Crippen molar-refractivity contribution >= 4 is 11.6 Å². The summed E-state index contributed by atoms with van der Waals surface area (Å²) in [4.78, 5) is 5.20. The van der Waals surface area contributed by atoms with Crippen LogP contribution in [0.1, 0.15) is 48.1 Å². The molecule has 0 aromatic heterocycles. The summed E-state index contributed by atoms with van der Waals surface area (Å²) < 4.78 is 0. The molecule has 162 valence electrons. The Morgan fingerprint density at radius 2 is 1.35 bits per heavy atom. The molecule has 1 unspecified atom stereocenters. The minimum absolute atomic E-state index is 0.276. The van der Waals surface area contributed by atoms with Gasteiger partial charge in [-0.1, -0.05) is 91.7 Å². The van der Waals surface area contributed by atoms with Gasteiger partial charge in [0.1, 0.15) is 0 Å². The van der Waals surface area contributed by atoms with Crippen molar-refractivity contribution in [2.24, 2.45) is 0 Å². The fraction of sp³-hybridized carbons (Fsp3) is 0.357. The number of halogens is 1. The van der Waals surface area contributed by atoms with E-state index in [1.807, 2.05) is 12.1 Å². The quantitative estimate of drug-likeness (QED) is 0.396. The Bertz CT molecular complexity index is 913. The van der Waals surface area contributed by atoms with Crippen LogP contribution < -0.4 is 0 Å². The first kappa shape index (κ1) is 22.1. The Labute approximate surface area is 192 Å². The molecule has 1 atom stereocenters. The number of hydrogen-bond acceptors (Lipinski definition) is 2. The molecule has 3 heteroatoms. The zero-order chi connectivity index (χ0) is 21.5. The Morgan fingerprint density at radius 1 is 0.742 bits per heavy atom. The predicted molar refractivity (Wildman–Crippen MR) is 132 cm³/mol. The van der Waals surface area contributed by atoms with Crippen LogP contribution in [0.5, 0.6) is 0 Å². The van der Waals surface area contributed by atoms with E-state index in [0.29, 0.717) is 0 Å². The van der Waals surface area contributed by atoms with Gasteiger partial charge in [0.2, 0.25) is 0 Å². The van der Waals surface area contributed by atoms with E-state index in [9.17, 15) is 0 Å². The van der Waals surface area contributed by atoms with Gasteiger partial charge in [-0.2, -0.15) is 0 Å². The fourth-order valence-electron chi connectivity index (χ4n) is 4.52. The van der Waals surface area contributed by atoms with Gasteiger partial charge in [-0.05, 0) is 47.2 Å². The van der Waals surface area contributed by atoms with Crippen LogP contribution in [0.4, 0.5) is 0 Å². The largest absolute Gasteiger partial charge is 0.297 e. The van der Waals surface area contributed by atoms with E-state index in [4.69, 9.17) is 11.6 Å². The average Bonchev–Trinajstić information content (AvgIpc) is 2.82. The van der Waals surface area contributed by atoms with Crippen LogP contribution >= 0.6 is 11.6 Å².